The summed E-state index contributed by atoms with van der Waals surface area (Å²) in [5.74, 6) is 0.800. The largest absolute Gasteiger partial charge is 0.309 e. The monoisotopic (exact) mass is 245 g/mol. The molecule has 18 heavy (non-hydrogen) atoms. The number of benzene rings is 1. The van der Waals surface area contributed by atoms with Crippen LogP contribution < -0.4 is 5.32 Å². The van der Waals surface area contributed by atoms with Crippen LogP contribution in [0.15, 0.2) is 30.3 Å². The van der Waals surface area contributed by atoms with Gasteiger partial charge in [-0.25, -0.2) is 0 Å². The fourth-order valence-electron chi connectivity index (χ4n) is 3.04. The number of carbonyl (C=O) groups excluding carboxylic acids is 1. The number of carbonyl (C=O) groups is 1. The second kappa shape index (κ2) is 4.85. The van der Waals surface area contributed by atoms with E-state index in [0.717, 1.165) is 12.0 Å². The standard InChI is InChI=1S/C16H23NO/c1-11-12(2)17-16(3,4)10-14(11)15(18)13-8-6-5-7-9-13/h5-9,11-12,14,17H,10H2,1-4H3. The molecule has 0 spiro atoms. The van der Waals surface area contributed by atoms with Gasteiger partial charge in [-0.15, -0.1) is 0 Å². The Morgan fingerprint density at radius 3 is 2.44 bits per heavy atom. The van der Waals surface area contributed by atoms with Crippen molar-refractivity contribution >= 4 is 5.78 Å². The number of hydrogen-bond donors (Lipinski definition) is 1. The van der Waals surface area contributed by atoms with E-state index in [1.165, 1.54) is 0 Å². The maximum atomic E-state index is 12.6. The molecule has 98 valence electrons. The minimum Gasteiger partial charge on any atom is -0.309 e. The van der Waals surface area contributed by atoms with Crippen LogP contribution >= 0.6 is 0 Å². The first-order valence-electron chi connectivity index (χ1n) is 6.78. The van der Waals surface area contributed by atoms with Gasteiger partial charge >= 0.3 is 0 Å². The summed E-state index contributed by atoms with van der Waals surface area (Å²) in [6.07, 6.45) is 0.909. The van der Waals surface area contributed by atoms with Gasteiger partial charge in [0.2, 0.25) is 0 Å². The first-order valence-corrected chi connectivity index (χ1v) is 6.78. The maximum absolute atomic E-state index is 12.6. The normalized spacial score (nSPS) is 31.0. The van der Waals surface area contributed by atoms with E-state index in [1.54, 1.807) is 0 Å². The average Bonchev–Trinajstić information content (AvgIpc) is 2.33. The van der Waals surface area contributed by atoms with Gasteiger partial charge in [-0.1, -0.05) is 37.3 Å². The van der Waals surface area contributed by atoms with Crippen LogP contribution in [-0.2, 0) is 0 Å². The van der Waals surface area contributed by atoms with Crippen molar-refractivity contribution in [1.82, 2.24) is 5.32 Å². The van der Waals surface area contributed by atoms with Crippen molar-refractivity contribution in [3.8, 4) is 0 Å². The predicted octanol–water partition coefficient (Wildman–Crippen LogP) is 3.28. The van der Waals surface area contributed by atoms with Crippen LogP contribution in [0.2, 0.25) is 0 Å². The Bertz CT molecular complexity index is 424. The third-order valence-corrected chi connectivity index (χ3v) is 4.17. The summed E-state index contributed by atoms with van der Waals surface area (Å²) in [4.78, 5) is 12.6. The molecule has 2 nitrogen and oxygen atoms in total. The molecule has 1 saturated heterocycles. The first-order chi connectivity index (χ1) is 8.41. The molecule has 2 rings (SSSR count). The van der Waals surface area contributed by atoms with Gasteiger partial charge in [-0.3, -0.25) is 4.79 Å². The highest BCUT2D eigenvalue weighted by atomic mass is 16.1. The minimum atomic E-state index is 0.0427. The van der Waals surface area contributed by atoms with E-state index < -0.39 is 0 Å². The molecule has 0 aliphatic carbocycles. The van der Waals surface area contributed by atoms with Crippen molar-refractivity contribution in [3.63, 3.8) is 0 Å². The van der Waals surface area contributed by atoms with Gasteiger partial charge in [0.15, 0.2) is 5.78 Å². The van der Waals surface area contributed by atoms with Crippen molar-refractivity contribution in [1.29, 1.82) is 0 Å². The summed E-state index contributed by atoms with van der Waals surface area (Å²) in [7, 11) is 0. The molecule has 1 aliphatic heterocycles. The topological polar surface area (TPSA) is 29.1 Å². The molecule has 0 radical (unpaired) electrons. The molecule has 0 bridgehead atoms. The van der Waals surface area contributed by atoms with Crippen molar-refractivity contribution in [2.45, 2.75) is 45.7 Å². The Labute approximate surface area is 110 Å². The molecular formula is C16H23NO. The zero-order valence-electron chi connectivity index (χ0n) is 11.7. The van der Waals surface area contributed by atoms with Gasteiger partial charge in [0, 0.05) is 23.1 Å². The molecule has 1 fully saturated rings. The molecule has 1 aliphatic rings. The van der Waals surface area contributed by atoms with Crippen LogP contribution in [0.3, 0.4) is 0 Å². The Balaban J connectivity index is 2.23. The number of Topliss-reactive ketones (excluding diaryl/α,β-unsaturated/α-hetero) is 1. The molecule has 1 heterocycles. The molecule has 1 aromatic rings. The predicted molar refractivity (Wildman–Crippen MR) is 74.7 cm³/mol. The smallest absolute Gasteiger partial charge is 0.166 e. The number of rotatable bonds is 2. The Morgan fingerprint density at radius 1 is 1.22 bits per heavy atom. The average molecular weight is 245 g/mol. The van der Waals surface area contributed by atoms with Crippen molar-refractivity contribution in [2.75, 3.05) is 0 Å². The lowest BCUT2D eigenvalue weighted by Crippen LogP contribution is -2.56. The van der Waals surface area contributed by atoms with Crippen LogP contribution in [0.4, 0.5) is 0 Å². The fraction of sp³-hybridized carbons (Fsp3) is 0.562. The van der Waals surface area contributed by atoms with Crippen LogP contribution in [0.5, 0.6) is 0 Å². The third-order valence-electron chi connectivity index (χ3n) is 4.17. The van der Waals surface area contributed by atoms with Crippen molar-refractivity contribution in [3.05, 3.63) is 35.9 Å². The lowest BCUT2D eigenvalue weighted by Gasteiger charge is -2.44. The van der Waals surface area contributed by atoms with Gasteiger partial charge in [0.25, 0.3) is 0 Å². The van der Waals surface area contributed by atoms with Crippen LogP contribution in [0.25, 0.3) is 0 Å². The molecule has 1 aromatic carbocycles. The Kier molecular flexibility index (Phi) is 3.58. The maximum Gasteiger partial charge on any atom is 0.166 e. The zero-order chi connectivity index (χ0) is 13.3. The highest BCUT2D eigenvalue weighted by Gasteiger charge is 2.40. The molecule has 0 aromatic heterocycles. The molecular weight excluding hydrogens is 222 g/mol. The van der Waals surface area contributed by atoms with Crippen LogP contribution in [0.1, 0.15) is 44.5 Å². The number of ketones is 1. The quantitative estimate of drug-likeness (QED) is 0.810. The van der Waals surface area contributed by atoms with E-state index in [2.05, 4.69) is 33.0 Å². The van der Waals surface area contributed by atoms with Gasteiger partial charge in [-0.05, 0) is 33.1 Å². The third kappa shape index (κ3) is 2.64. The summed E-state index contributed by atoms with van der Waals surface area (Å²) in [5.41, 5.74) is 0.889. The molecule has 0 amide bonds. The van der Waals surface area contributed by atoms with Crippen LogP contribution in [0, 0.1) is 11.8 Å². The minimum absolute atomic E-state index is 0.0427. The summed E-state index contributed by atoms with van der Waals surface area (Å²) in [6, 6.07) is 10.1. The molecule has 3 atom stereocenters. The summed E-state index contributed by atoms with van der Waals surface area (Å²) >= 11 is 0. The lowest BCUT2D eigenvalue weighted by molar-refractivity contribution is 0.0699. The van der Waals surface area contributed by atoms with Gasteiger partial charge < -0.3 is 5.32 Å². The fourth-order valence-corrected chi connectivity index (χ4v) is 3.04. The highest BCUT2D eigenvalue weighted by molar-refractivity contribution is 5.98. The van der Waals surface area contributed by atoms with Gasteiger partial charge in [-0.2, -0.15) is 0 Å². The number of piperidine rings is 1. The second-order valence-corrected chi connectivity index (χ2v) is 6.22. The van der Waals surface area contributed by atoms with Gasteiger partial charge in [0.1, 0.15) is 0 Å². The number of hydrogen-bond acceptors (Lipinski definition) is 2. The lowest BCUT2D eigenvalue weighted by atomic mass is 9.72. The molecule has 2 heteroatoms. The highest BCUT2D eigenvalue weighted by Crippen LogP contribution is 2.33. The summed E-state index contributed by atoms with van der Waals surface area (Å²) in [6.45, 7) is 8.72. The van der Waals surface area contributed by atoms with Gasteiger partial charge in [0.05, 0.1) is 0 Å². The van der Waals surface area contributed by atoms with E-state index in [-0.39, 0.29) is 11.5 Å². The zero-order valence-corrected chi connectivity index (χ0v) is 11.7. The Morgan fingerprint density at radius 2 is 1.83 bits per heavy atom. The van der Waals surface area contributed by atoms with E-state index in [9.17, 15) is 4.79 Å². The molecule has 0 saturated carbocycles. The van der Waals surface area contributed by atoms with E-state index in [1.807, 2.05) is 30.3 Å². The van der Waals surface area contributed by atoms with E-state index in [0.29, 0.717) is 17.7 Å². The Hall–Kier alpha value is -1.15. The molecule has 3 unspecified atom stereocenters. The van der Waals surface area contributed by atoms with E-state index in [4.69, 9.17) is 0 Å². The van der Waals surface area contributed by atoms with E-state index >= 15 is 0 Å². The summed E-state index contributed by atoms with van der Waals surface area (Å²) < 4.78 is 0. The second-order valence-electron chi connectivity index (χ2n) is 6.22. The van der Waals surface area contributed by atoms with Crippen LogP contribution in [-0.4, -0.2) is 17.4 Å². The molecule has 1 N–H and O–H groups in total. The van der Waals surface area contributed by atoms with Crippen molar-refractivity contribution < 1.29 is 4.79 Å². The summed E-state index contributed by atoms with van der Waals surface area (Å²) in [5, 5.41) is 3.59. The first kappa shape index (κ1) is 13.3. The number of nitrogens with one attached hydrogen (secondary N) is 1. The van der Waals surface area contributed by atoms with Crippen molar-refractivity contribution in [2.24, 2.45) is 11.8 Å². The SMILES string of the molecule is CC1NC(C)(C)CC(C(=O)c2ccccc2)C1C.